The van der Waals surface area contributed by atoms with Crippen LogP contribution in [0.4, 0.5) is 13.2 Å². The number of hydrogen-bond donors (Lipinski definition) is 0. The topological polar surface area (TPSA) is 49.9 Å². The van der Waals surface area contributed by atoms with Crippen molar-refractivity contribution in [3.63, 3.8) is 0 Å². The molecule has 0 amide bonds. The van der Waals surface area contributed by atoms with Crippen LogP contribution in [0.5, 0.6) is 5.75 Å². The zero-order valence-corrected chi connectivity index (χ0v) is 15.2. The Labute approximate surface area is 151 Å². The molecule has 26 heavy (non-hydrogen) atoms. The van der Waals surface area contributed by atoms with E-state index in [1.165, 1.54) is 36.4 Å². The highest BCUT2D eigenvalue weighted by molar-refractivity contribution is 7.89. The first-order valence-electron chi connectivity index (χ1n) is 8.86. The lowest BCUT2D eigenvalue weighted by Crippen LogP contribution is -2.52. The van der Waals surface area contributed by atoms with Gasteiger partial charge in [0.2, 0.25) is 10.0 Å². The number of hydrogen-bond acceptors (Lipinski definition) is 4. The van der Waals surface area contributed by atoms with Crippen LogP contribution in [-0.2, 0) is 10.0 Å². The summed E-state index contributed by atoms with van der Waals surface area (Å²) in [5.74, 6) is -0.432. The SMILES string of the molecule is O=S(=O)(c1ccc(OC(F)(F)F)cc1)N1CCN(C2CCCCC2)CC1. The first kappa shape index (κ1) is 19.4. The summed E-state index contributed by atoms with van der Waals surface area (Å²) < 4.78 is 67.2. The zero-order valence-electron chi connectivity index (χ0n) is 14.4. The molecule has 2 fully saturated rings. The third-order valence-corrected chi connectivity index (χ3v) is 6.97. The molecule has 0 aromatic heterocycles. The van der Waals surface area contributed by atoms with Crippen LogP contribution in [-0.4, -0.2) is 56.2 Å². The molecule has 2 aliphatic rings. The number of sulfonamides is 1. The third-order valence-electron chi connectivity index (χ3n) is 5.06. The van der Waals surface area contributed by atoms with Crippen molar-refractivity contribution >= 4 is 10.0 Å². The van der Waals surface area contributed by atoms with Gasteiger partial charge in [-0.2, -0.15) is 4.31 Å². The largest absolute Gasteiger partial charge is 0.573 e. The molecular formula is C17H23F3N2O3S. The average Bonchev–Trinajstić information content (AvgIpc) is 2.62. The lowest BCUT2D eigenvalue weighted by Gasteiger charge is -2.40. The van der Waals surface area contributed by atoms with Gasteiger partial charge in [0, 0.05) is 32.2 Å². The molecule has 1 aliphatic carbocycles. The van der Waals surface area contributed by atoms with Gasteiger partial charge in [0.1, 0.15) is 5.75 Å². The number of alkyl halides is 3. The van der Waals surface area contributed by atoms with Crippen LogP contribution in [0.15, 0.2) is 29.2 Å². The van der Waals surface area contributed by atoms with Crippen LogP contribution in [0, 0.1) is 0 Å². The first-order chi connectivity index (χ1) is 12.3. The van der Waals surface area contributed by atoms with Gasteiger partial charge in [0.05, 0.1) is 4.90 Å². The van der Waals surface area contributed by atoms with E-state index in [2.05, 4.69) is 9.64 Å². The maximum atomic E-state index is 12.7. The Hall–Kier alpha value is -1.32. The smallest absolute Gasteiger partial charge is 0.406 e. The second-order valence-corrected chi connectivity index (χ2v) is 8.69. The maximum Gasteiger partial charge on any atom is 0.573 e. The number of rotatable bonds is 4. The Balaban J connectivity index is 1.62. The lowest BCUT2D eigenvalue weighted by atomic mass is 9.94. The molecule has 0 radical (unpaired) electrons. The van der Waals surface area contributed by atoms with E-state index in [1.54, 1.807) is 0 Å². The number of piperazine rings is 1. The Bertz CT molecular complexity index is 693. The van der Waals surface area contributed by atoms with E-state index in [0.29, 0.717) is 32.2 Å². The summed E-state index contributed by atoms with van der Waals surface area (Å²) in [6.45, 7) is 2.19. The second kappa shape index (κ2) is 7.74. The van der Waals surface area contributed by atoms with Crippen LogP contribution in [0.3, 0.4) is 0 Å². The molecular weight excluding hydrogens is 369 g/mol. The molecule has 1 saturated heterocycles. The van der Waals surface area contributed by atoms with Crippen molar-refractivity contribution in [1.82, 2.24) is 9.21 Å². The predicted molar refractivity (Wildman–Crippen MR) is 90.3 cm³/mol. The summed E-state index contributed by atoms with van der Waals surface area (Å²) in [6, 6.07) is 4.91. The van der Waals surface area contributed by atoms with Gasteiger partial charge in [0.25, 0.3) is 0 Å². The molecule has 1 saturated carbocycles. The molecule has 0 atom stereocenters. The Morgan fingerprint density at radius 1 is 0.923 bits per heavy atom. The van der Waals surface area contributed by atoms with Crippen LogP contribution in [0.25, 0.3) is 0 Å². The molecule has 0 unspecified atom stereocenters. The molecule has 9 heteroatoms. The molecule has 1 aromatic rings. The molecule has 0 N–H and O–H groups in total. The molecule has 146 valence electrons. The second-order valence-electron chi connectivity index (χ2n) is 6.75. The standard InChI is InChI=1S/C17H23F3N2O3S/c18-17(19,20)25-15-6-8-16(9-7-15)26(23,24)22-12-10-21(11-13-22)14-4-2-1-3-5-14/h6-9,14H,1-5,10-13H2. The van der Waals surface area contributed by atoms with Gasteiger partial charge in [-0.1, -0.05) is 19.3 Å². The van der Waals surface area contributed by atoms with E-state index in [0.717, 1.165) is 24.3 Å². The van der Waals surface area contributed by atoms with E-state index >= 15 is 0 Å². The molecule has 1 aliphatic heterocycles. The van der Waals surface area contributed by atoms with E-state index in [9.17, 15) is 21.6 Å². The van der Waals surface area contributed by atoms with Crippen LogP contribution in [0.1, 0.15) is 32.1 Å². The van der Waals surface area contributed by atoms with Gasteiger partial charge >= 0.3 is 6.36 Å². The number of benzene rings is 1. The summed E-state index contributed by atoms with van der Waals surface area (Å²) in [4.78, 5) is 2.35. The van der Waals surface area contributed by atoms with E-state index < -0.39 is 22.1 Å². The molecule has 5 nitrogen and oxygen atoms in total. The van der Waals surface area contributed by atoms with Crippen molar-refractivity contribution in [3.8, 4) is 5.75 Å². The Morgan fingerprint density at radius 3 is 2.04 bits per heavy atom. The lowest BCUT2D eigenvalue weighted by molar-refractivity contribution is -0.274. The first-order valence-corrected chi connectivity index (χ1v) is 10.3. The number of ether oxygens (including phenoxy) is 1. The summed E-state index contributed by atoms with van der Waals surface area (Å²) in [7, 11) is -3.71. The number of nitrogens with zero attached hydrogens (tertiary/aromatic N) is 2. The van der Waals surface area contributed by atoms with Gasteiger partial charge in [-0.15, -0.1) is 13.2 Å². The van der Waals surface area contributed by atoms with Crippen LogP contribution >= 0.6 is 0 Å². The number of halogens is 3. The van der Waals surface area contributed by atoms with Crippen molar-refractivity contribution in [2.75, 3.05) is 26.2 Å². The van der Waals surface area contributed by atoms with Gasteiger partial charge in [0.15, 0.2) is 0 Å². The highest BCUT2D eigenvalue weighted by atomic mass is 32.2. The molecule has 3 rings (SSSR count). The van der Waals surface area contributed by atoms with E-state index in [-0.39, 0.29) is 4.90 Å². The highest BCUT2D eigenvalue weighted by Gasteiger charge is 2.33. The fourth-order valence-corrected chi connectivity index (χ4v) is 5.14. The van der Waals surface area contributed by atoms with Gasteiger partial charge in [-0.3, -0.25) is 4.90 Å². The molecule has 1 heterocycles. The van der Waals surface area contributed by atoms with E-state index in [4.69, 9.17) is 0 Å². The minimum absolute atomic E-state index is 0.0156. The van der Waals surface area contributed by atoms with Gasteiger partial charge in [-0.05, 0) is 37.1 Å². The minimum atomic E-state index is -4.80. The highest BCUT2D eigenvalue weighted by Crippen LogP contribution is 2.27. The quantitative estimate of drug-likeness (QED) is 0.790. The molecule has 0 bridgehead atoms. The summed E-state index contributed by atoms with van der Waals surface area (Å²) in [6.07, 6.45) is 1.29. The van der Waals surface area contributed by atoms with E-state index in [1.807, 2.05) is 0 Å². The van der Waals surface area contributed by atoms with Crippen LogP contribution < -0.4 is 4.74 Å². The van der Waals surface area contributed by atoms with Crippen molar-refractivity contribution in [3.05, 3.63) is 24.3 Å². The van der Waals surface area contributed by atoms with Crippen molar-refractivity contribution in [2.24, 2.45) is 0 Å². The fourth-order valence-electron chi connectivity index (χ4n) is 3.72. The van der Waals surface area contributed by atoms with Gasteiger partial charge < -0.3 is 4.74 Å². The fraction of sp³-hybridized carbons (Fsp3) is 0.647. The summed E-state index contributed by atoms with van der Waals surface area (Å²) in [5, 5.41) is 0. The predicted octanol–water partition coefficient (Wildman–Crippen LogP) is 3.22. The van der Waals surface area contributed by atoms with Crippen molar-refractivity contribution < 1.29 is 26.3 Å². The maximum absolute atomic E-state index is 12.7. The minimum Gasteiger partial charge on any atom is -0.406 e. The Morgan fingerprint density at radius 2 is 1.50 bits per heavy atom. The summed E-state index contributed by atoms with van der Waals surface area (Å²) >= 11 is 0. The third kappa shape index (κ3) is 4.69. The van der Waals surface area contributed by atoms with Crippen LogP contribution in [0.2, 0.25) is 0 Å². The van der Waals surface area contributed by atoms with Crippen molar-refractivity contribution in [1.29, 1.82) is 0 Å². The monoisotopic (exact) mass is 392 g/mol. The Kier molecular flexibility index (Phi) is 5.78. The zero-order chi connectivity index (χ0) is 18.8. The molecule has 1 aromatic carbocycles. The van der Waals surface area contributed by atoms with Gasteiger partial charge in [-0.25, -0.2) is 8.42 Å². The summed E-state index contributed by atoms with van der Waals surface area (Å²) in [5.41, 5.74) is 0. The molecule has 0 spiro atoms. The normalized spacial score (nSPS) is 21.7. The average molecular weight is 392 g/mol. The van der Waals surface area contributed by atoms with Crippen molar-refractivity contribution in [2.45, 2.75) is 49.4 Å².